The first kappa shape index (κ1) is 31.5. The Kier molecular flexibility index (Phi) is 6.94. The second-order valence-corrected chi connectivity index (χ2v) is 15.8. The van der Waals surface area contributed by atoms with Crippen molar-refractivity contribution in [3.63, 3.8) is 0 Å². The summed E-state index contributed by atoms with van der Waals surface area (Å²) in [7, 11) is 0. The van der Waals surface area contributed by atoms with Crippen LogP contribution in [-0.2, 0) is 10.8 Å². The Balaban J connectivity index is 1.27. The highest BCUT2D eigenvalue weighted by Crippen LogP contribution is 2.56. The van der Waals surface area contributed by atoms with E-state index in [9.17, 15) is 0 Å². The molecule has 1 heteroatoms. The molecule has 0 amide bonds. The van der Waals surface area contributed by atoms with Crippen LogP contribution in [0.2, 0.25) is 0 Å². The molecule has 0 heterocycles. The molecule has 53 heavy (non-hydrogen) atoms. The lowest BCUT2D eigenvalue weighted by atomic mass is 9.79. The van der Waals surface area contributed by atoms with Gasteiger partial charge in [0, 0.05) is 27.6 Å². The lowest BCUT2D eigenvalue weighted by Crippen LogP contribution is -2.17. The predicted molar refractivity (Wildman–Crippen MR) is 225 cm³/mol. The largest absolute Gasteiger partial charge is 0.310 e. The summed E-state index contributed by atoms with van der Waals surface area (Å²) in [4.78, 5) is 2.51. The average Bonchev–Trinajstić information content (AvgIpc) is 3.58. The van der Waals surface area contributed by atoms with Gasteiger partial charge in [0.25, 0.3) is 0 Å². The van der Waals surface area contributed by atoms with Gasteiger partial charge in [0.05, 0.1) is 5.69 Å². The Hall–Kier alpha value is -6.18. The first-order valence-corrected chi connectivity index (χ1v) is 18.8. The fourth-order valence-corrected chi connectivity index (χ4v) is 9.38. The van der Waals surface area contributed by atoms with E-state index in [4.69, 9.17) is 0 Å². The first-order valence-electron chi connectivity index (χ1n) is 18.8. The Bertz CT molecular complexity index is 2700. The molecular weight excluding hydrogens is 639 g/mol. The van der Waals surface area contributed by atoms with Crippen molar-refractivity contribution in [1.82, 2.24) is 0 Å². The molecule has 0 aromatic heterocycles. The number of hydrogen-bond donors (Lipinski definition) is 0. The van der Waals surface area contributed by atoms with Gasteiger partial charge in [0.1, 0.15) is 0 Å². The molecular formula is C52H41N. The lowest BCUT2D eigenvalue weighted by Gasteiger charge is -2.31. The van der Waals surface area contributed by atoms with Crippen LogP contribution in [0.3, 0.4) is 0 Å². The summed E-state index contributed by atoms with van der Waals surface area (Å²) in [5.41, 5.74) is 19.0. The van der Waals surface area contributed by atoms with Gasteiger partial charge in [-0.25, -0.2) is 0 Å². The van der Waals surface area contributed by atoms with Crippen LogP contribution in [0.5, 0.6) is 0 Å². The zero-order valence-electron chi connectivity index (χ0n) is 30.7. The normalized spacial score (nSPS) is 14.3. The molecule has 0 fully saturated rings. The van der Waals surface area contributed by atoms with Crippen LogP contribution < -0.4 is 4.90 Å². The van der Waals surface area contributed by atoms with Crippen molar-refractivity contribution in [2.75, 3.05) is 4.90 Å². The van der Waals surface area contributed by atoms with Crippen LogP contribution >= 0.6 is 0 Å². The molecule has 254 valence electrons. The van der Waals surface area contributed by atoms with Gasteiger partial charge in [-0.05, 0) is 109 Å². The Morgan fingerprint density at radius 1 is 0.340 bits per heavy atom. The molecule has 8 aromatic carbocycles. The van der Waals surface area contributed by atoms with Crippen LogP contribution in [0.1, 0.15) is 49.9 Å². The van der Waals surface area contributed by atoms with E-state index >= 15 is 0 Å². The molecule has 10 rings (SSSR count). The van der Waals surface area contributed by atoms with E-state index in [0.29, 0.717) is 0 Å². The van der Waals surface area contributed by atoms with Gasteiger partial charge in [-0.2, -0.15) is 0 Å². The molecule has 0 unspecified atom stereocenters. The van der Waals surface area contributed by atoms with Crippen LogP contribution in [0.4, 0.5) is 17.1 Å². The van der Waals surface area contributed by atoms with Crippen molar-refractivity contribution in [1.29, 1.82) is 0 Å². The lowest BCUT2D eigenvalue weighted by molar-refractivity contribution is 0.660. The summed E-state index contributed by atoms with van der Waals surface area (Å²) in [5.74, 6) is 0. The van der Waals surface area contributed by atoms with E-state index in [2.05, 4.69) is 209 Å². The van der Waals surface area contributed by atoms with Gasteiger partial charge in [-0.3, -0.25) is 0 Å². The second kappa shape index (κ2) is 11.7. The highest BCUT2D eigenvalue weighted by molar-refractivity contribution is 6.08. The van der Waals surface area contributed by atoms with Crippen molar-refractivity contribution >= 4 is 27.8 Å². The van der Waals surface area contributed by atoms with Crippen molar-refractivity contribution in [2.24, 2.45) is 0 Å². The minimum Gasteiger partial charge on any atom is -0.310 e. The van der Waals surface area contributed by atoms with Gasteiger partial charge in [0.15, 0.2) is 0 Å². The summed E-state index contributed by atoms with van der Waals surface area (Å²) < 4.78 is 0. The Labute approximate surface area is 312 Å². The maximum atomic E-state index is 2.51. The highest BCUT2D eigenvalue weighted by Gasteiger charge is 2.39. The molecule has 0 radical (unpaired) electrons. The summed E-state index contributed by atoms with van der Waals surface area (Å²) >= 11 is 0. The summed E-state index contributed by atoms with van der Waals surface area (Å²) in [6.45, 7) is 9.52. The smallest absolute Gasteiger partial charge is 0.0546 e. The second-order valence-electron chi connectivity index (χ2n) is 15.8. The molecule has 0 aliphatic heterocycles. The fraction of sp³-hybridized carbons (Fsp3) is 0.115. The maximum Gasteiger partial charge on any atom is 0.0546 e. The molecule has 2 aliphatic rings. The highest BCUT2D eigenvalue weighted by atomic mass is 15.1. The topological polar surface area (TPSA) is 3.24 Å². The predicted octanol–water partition coefficient (Wildman–Crippen LogP) is 14.3. The van der Waals surface area contributed by atoms with E-state index in [1.807, 2.05) is 0 Å². The summed E-state index contributed by atoms with van der Waals surface area (Å²) in [5, 5.41) is 2.55. The molecule has 0 atom stereocenters. The van der Waals surface area contributed by atoms with Crippen molar-refractivity contribution in [3.8, 4) is 44.5 Å². The molecule has 0 saturated carbocycles. The number of anilines is 3. The van der Waals surface area contributed by atoms with Gasteiger partial charge in [-0.1, -0.05) is 167 Å². The molecule has 0 bridgehead atoms. The standard InChI is InChI=1S/C52H41N/c1-51(2)46-21-13-11-19-40(46)42-30-28-39(32-48(42)51)53(38-26-23-36(24-27-38)34-15-7-5-8-16-34)49-33-45-41-20-12-14-22-47(41)52(3,4)50(45)43-29-25-37(31-44(43)49)35-17-9-6-10-18-35/h5-33H,1-4H3. The monoisotopic (exact) mass is 679 g/mol. The Morgan fingerprint density at radius 2 is 0.849 bits per heavy atom. The molecule has 0 spiro atoms. The van der Waals surface area contributed by atoms with Crippen molar-refractivity contribution in [2.45, 2.75) is 38.5 Å². The minimum absolute atomic E-state index is 0.117. The molecule has 1 nitrogen and oxygen atoms in total. The average molecular weight is 680 g/mol. The van der Waals surface area contributed by atoms with Gasteiger partial charge in [0.2, 0.25) is 0 Å². The number of benzene rings is 8. The molecule has 8 aromatic rings. The molecule has 2 aliphatic carbocycles. The maximum absolute atomic E-state index is 2.51. The first-order chi connectivity index (χ1) is 25.8. The van der Waals surface area contributed by atoms with E-state index in [0.717, 1.165) is 11.4 Å². The van der Waals surface area contributed by atoms with Crippen LogP contribution in [0.25, 0.3) is 55.3 Å². The van der Waals surface area contributed by atoms with E-state index in [-0.39, 0.29) is 10.8 Å². The van der Waals surface area contributed by atoms with Crippen LogP contribution in [-0.4, -0.2) is 0 Å². The fourth-order valence-electron chi connectivity index (χ4n) is 9.38. The van der Waals surface area contributed by atoms with Gasteiger partial charge < -0.3 is 4.90 Å². The number of fused-ring (bicyclic) bond motifs is 8. The van der Waals surface area contributed by atoms with E-state index in [1.165, 1.54) is 83.2 Å². The quantitative estimate of drug-likeness (QED) is 0.175. The van der Waals surface area contributed by atoms with Gasteiger partial charge in [-0.15, -0.1) is 0 Å². The summed E-state index contributed by atoms with van der Waals surface area (Å²) in [6.07, 6.45) is 0. The van der Waals surface area contributed by atoms with Crippen molar-refractivity contribution in [3.05, 3.63) is 198 Å². The number of nitrogens with zero attached hydrogens (tertiary/aromatic N) is 1. The molecule has 0 N–H and O–H groups in total. The number of hydrogen-bond acceptors (Lipinski definition) is 1. The Morgan fingerprint density at radius 3 is 1.53 bits per heavy atom. The number of rotatable bonds is 5. The van der Waals surface area contributed by atoms with E-state index in [1.54, 1.807) is 0 Å². The third-order valence-corrected chi connectivity index (χ3v) is 12.0. The minimum atomic E-state index is -0.136. The third-order valence-electron chi connectivity index (χ3n) is 12.0. The van der Waals surface area contributed by atoms with Gasteiger partial charge >= 0.3 is 0 Å². The van der Waals surface area contributed by atoms with Crippen molar-refractivity contribution < 1.29 is 0 Å². The zero-order valence-corrected chi connectivity index (χ0v) is 30.7. The van der Waals surface area contributed by atoms with Crippen LogP contribution in [0.15, 0.2) is 176 Å². The summed E-state index contributed by atoms with van der Waals surface area (Å²) in [6, 6.07) is 65.3. The zero-order chi connectivity index (χ0) is 35.9. The van der Waals surface area contributed by atoms with Crippen LogP contribution in [0, 0.1) is 0 Å². The third kappa shape index (κ3) is 4.77. The SMILES string of the molecule is CC1(C)c2ccccc2-c2ccc(N(c3ccc(-c4ccccc4)cc3)c3cc4c(c5ccc(-c6ccccc6)cc35)C(C)(C)c3ccccc3-4)cc21. The van der Waals surface area contributed by atoms with E-state index < -0.39 is 0 Å². The molecule has 0 saturated heterocycles.